The lowest BCUT2D eigenvalue weighted by atomic mass is 10.1. The van der Waals surface area contributed by atoms with Crippen molar-refractivity contribution in [1.29, 1.82) is 0 Å². The molecule has 5 heteroatoms. The standard InChI is InChI=1S/C16H16N4O/c17-16(19-21)14-4-1-5-15-13(14)7-10-20(15)9-6-12-3-2-8-18-11-12/h1-5,7-8,10-11,21H,6,9H2,(H2,17,19). The summed E-state index contributed by atoms with van der Waals surface area (Å²) in [5, 5.41) is 12.9. The van der Waals surface area contributed by atoms with Crippen molar-refractivity contribution < 1.29 is 5.21 Å². The van der Waals surface area contributed by atoms with E-state index in [1.165, 1.54) is 5.56 Å². The molecule has 0 aliphatic heterocycles. The third-order valence-corrected chi connectivity index (χ3v) is 3.56. The largest absolute Gasteiger partial charge is 0.409 e. The number of aromatic nitrogens is 2. The van der Waals surface area contributed by atoms with Crippen molar-refractivity contribution in [1.82, 2.24) is 9.55 Å². The van der Waals surface area contributed by atoms with Gasteiger partial charge in [-0.25, -0.2) is 0 Å². The van der Waals surface area contributed by atoms with Gasteiger partial charge in [-0.1, -0.05) is 23.4 Å². The van der Waals surface area contributed by atoms with Crippen LogP contribution in [-0.2, 0) is 13.0 Å². The van der Waals surface area contributed by atoms with Gasteiger partial charge < -0.3 is 15.5 Å². The molecule has 5 nitrogen and oxygen atoms in total. The van der Waals surface area contributed by atoms with Gasteiger partial charge in [0.15, 0.2) is 5.84 Å². The summed E-state index contributed by atoms with van der Waals surface area (Å²) in [4.78, 5) is 4.13. The van der Waals surface area contributed by atoms with Gasteiger partial charge in [0, 0.05) is 41.6 Å². The lowest BCUT2D eigenvalue weighted by Gasteiger charge is -2.07. The number of aryl methyl sites for hydroxylation is 2. The summed E-state index contributed by atoms with van der Waals surface area (Å²) in [6.45, 7) is 0.856. The Morgan fingerprint density at radius 3 is 2.90 bits per heavy atom. The molecule has 0 amide bonds. The van der Waals surface area contributed by atoms with Gasteiger partial charge in [0.05, 0.1) is 0 Å². The Balaban J connectivity index is 1.91. The van der Waals surface area contributed by atoms with E-state index >= 15 is 0 Å². The van der Waals surface area contributed by atoms with Crippen molar-refractivity contribution in [2.24, 2.45) is 10.9 Å². The lowest BCUT2D eigenvalue weighted by Crippen LogP contribution is -2.13. The molecule has 0 bridgehead atoms. The van der Waals surface area contributed by atoms with E-state index in [1.807, 2.05) is 42.7 Å². The van der Waals surface area contributed by atoms with Gasteiger partial charge >= 0.3 is 0 Å². The van der Waals surface area contributed by atoms with Crippen LogP contribution in [0.5, 0.6) is 0 Å². The quantitative estimate of drug-likeness (QED) is 0.333. The minimum atomic E-state index is 0.130. The summed E-state index contributed by atoms with van der Waals surface area (Å²) in [6.07, 6.45) is 6.59. The molecule has 0 aliphatic carbocycles. The number of benzene rings is 1. The van der Waals surface area contributed by atoms with E-state index in [4.69, 9.17) is 10.9 Å². The highest BCUT2D eigenvalue weighted by Gasteiger charge is 2.08. The number of pyridine rings is 1. The minimum absolute atomic E-state index is 0.130. The molecule has 2 heterocycles. The number of fused-ring (bicyclic) bond motifs is 1. The Morgan fingerprint density at radius 2 is 2.14 bits per heavy atom. The van der Waals surface area contributed by atoms with Gasteiger partial charge in [-0.3, -0.25) is 4.98 Å². The predicted molar refractivity (Wildman–Crippen MR) is 82.4 cm³/mol. The first-order valence-corrected chi connectivity index (χ1v) is 6.74. The summed E-state index contributed by atoms with van der Waals surface area (Å²) in [6, 6.07) is 11.8. The first kappa shape index (κ1) is 13.2. The van der Waals surface area contributed by atoms with E-state index in [9.17, 15) is 0 Å². The highest BCUT2D eigenvalue weighted by atomic mass is 16.4. The highest BCUT2D eigenvalue weighted by Crippen LogP contribution is 2.20. The van der Waals surface area contributed by atoms with Gasteiger partial charge in [0.2, 0.25) is 0 Å². The van der Waals surface area contributed by atoms with Crippen LogP contribution in [0.3, 0.4) is 0 Å². The Kier molecular flexibility index (Phi) is 3.55. The molecule has 21 heavy (non-hydrogen) atoms. The van der Waals surface area contributed by atoms with E-state index in [2.05, 4.69) is 20.8 Å². The SMILES string of the molecule is N/C(=N/O)c1cccc2c1ccn2CCc1cccnc1. The lowest BCUT2D eigenvalue weighted by molar-refractivity contribution is 0.318. The number of rotatable bonds is 4. The van der Waals surface area contributed by atoms with Crippen LogP contribution in [-0.4, -0.2) is 20.6 Å². The van der Waals surface area contributed by atoms with Gasteiger partial charge in [-0.15, -0.1) is 0 Å². The molecule has 106 valence electrons. The fourth-order valence-corrected chi connectivity index (χ4v) is 2.49. The second-order valence-electron chi connectivity index (χ2n) is 4.84. The Morgan fingerprint density at radius 1 is 1.24 bits per heavy atom. The van der Waals surface area contributed by atoms with Gasteiger partial charge in [0.1, 0.15) is 0 Å². The number of oxime groups is 1. The first-order valence-electron chi connectivity index (χ1n) is 6.74. The van der Waals surface area contributed by atoms with Gasteiger partial charge in [-0.2, -0.15) is 0 Å². The van der Waals surface area contributed by atoms with E-state index in [1.54, 1.807) is 6.20 Å². The smallest absolute Gasteiger partial charge is 0.170 e. The monoisotopic (exact) mass is 280 g/mol. The third-order valence-electron chi connectivity index (χ3n) is 3.56. The van der Waals surface area contributed by atoms with Crippen molar-refractivity contribution in [3.63, 3.8) is 0 Å². The van der Waals surface area contributed by atoms with Crippen LogP contribution in [0.2, 0.25) is 0 Å². The van der Waals surface area contributed by atoms with Gasteiger partial charge in [-0.05, 0) is 30.2 Å². The summed E-state index contributed by atoms with van der Waals surface area (Å²) in [5.41, 5.74) is 8.74. The maximum atomic E-state index is 8.86. The van der Waals surface area contributed by atoms with Crippen molar-refractivity contribution in [3.8, 4) is 0 Å². The van der Waals surface area contributed by atoms with E-state index in [0.29, 0.717) is 0 Å². The maximum Gasteiger partial charge on any atom is 0.170 e. The average Bonchev–Trinajstić information content (AvgIpc) is 2.96. The molecule has 0 aliphatic rings. The molecule has 2 aromatic heterocycles. The van der Waals surface area contributed by atoms with Crippen LogP contribution in [0.1, 0.15) is 11.1 Å². The fraction of sp³-hybridized carbons (Fsp3) is 0.125. The van der Waals surface area contributed by atoms with Crippen molar-refractivity contribution >= 4 is 16.7 Å². The Bertz CT molecular complexity index is 777. The second kappa shape index (κ2) is 5.66. The number of hydrogen-bond donors (Lipinski definition) is 2. The zero-order chi connectivity index (χ0) is 14.7. The van der Waals surface area contributed by atoms with Crippen LogP contribution in [0.15, 0.2) is 60.1 Å². The highest BCUT2D eigenvalue weighted by molar-refractivity contribution is 6.08. The first-order chi connectivity index (χ1) is 10.3. The second-order valence-corrected chi connectivity index (χ2v) is 4.84. The summed E-state index contributed by atoms with van der Waals surface area (Å²) in [7, 11) is 0. The van der Waals surface area contributed by atoms with Crippen LogP contribution in [0.25, 0.3) is 10.9 Å². The van der Waals surface area contributed by atoms with E-state index < -0.39 is 0 Å². The molecule has 3 N–H and O–H groups in total. The Hall–Kier alpha value is -2.82. The fourth-order valence-electron chi connectivity index (χ4n) is 2.49. The van der Waals surface area contributed by atoms with Crippen molar-refractivity contribution in [3.05, 3.63) is 66.1 Å². The summed E-state index contributed by atoms with van der Waals surface area (Å²) >= 11 is 0. The molecule has 0 radical (unpaired) electrons. The van der Waals surface area contributed by atoms with Crippen LogP contribution < -0.4 is 5.73 Å². The molecule has 3 aromatic rings. The molecule has 3 rings (SSSR count). The number of amidine groups is 1. The molecule has 0 unspecified atom stereocenters. The van der Waals surface area contributed by atoms with E-state index in [-0.39, 0.29) is 5.84 Å². The van der Waals surface area contributed by atoms with Crippen molar-refractivity contribution in [2.45, 2.75) is 13.0 Å². The van der Waals surface area contributed by atoms with E-state index in [0.717, 1.165) is 29.4 Å². The molecule has 0 fully saturated rings. The predicted octanol–water partition coefficient (Wildman–Crippen LogP) is 2.37. The number of hydrogen-bond acceptors (Lipinski definition) is 3. The number of nitrogens with zero attached hydrogens (tertiary/aromatic N) is 3. The molecular weight excluding hydrogens is 264 g/mol. The molecule has 0 saturated heterocycles. The Labute approximate surface area is 122 Å². The summed E-state index contributed by atoms with van der Waals surface area (Å²) < 4.78 is 2.16. The molecule has 0 saturated carbocycles. The molecule has 0 spiro atoms. The topological polar surface area (TPSA) is 76.4 Å². The third kappa shape index (κ3) is 2.58. The average molecular weight is 280 g/mol. The maximum absolute atomic E-state index is 8.86. The molecule has 1 aromatic carbocycles. The number of nitrogens with two attached hydrogens (primary N) is 1. The summed E-state index contributed by atoms with van der Waals surface area (Å²) in [5.74, 6) is 0.130. The zero-order valence-corrected chi connectivity index (χ0v) is 11.5. The van der Waals surface area contributed by atoms with Crippen LogP contribution >= 0.6 is 0 Å². The minimum Gasteiger partial charge on any atom is -0.409 e. The van der Waals surface area contributed by atoms with Gasteiger partial charge in [0.25, 0.3) is 0 Å². The van der Waals surface area contributed by atoms with Crippen LogP contribution in [0, 0.1) is 0 Å². The molecule has 0 atom stereocenters. The van der Waals surface area contributed by atoms with Crippen LogP contribution in [0.4, 0.5) is 0 Å². The molecular formula is C16H16N4O. The van der Waals surface area contributed by atoms with Crippen molar-refractivity contribution in [2.75, 3.05) is 0 Å². The zero-order valence-electron chi connectivity index (χ0n) is 11.5. The normalized spacial score (nSPS) is 11.9.